The van der Waals surface area contributed by atoms with Crippen LogP contribution in [0.25, 0.3) is 0 Å². The first kappa shape index (κ1) is 9.01. The minimum absolute atomic E-state index is 0.304. The second-order valence-electron chi connectivity index (χ2n) is 4.52. The lowest BCUT2D eigenvalue weighted by Crippen LogP contribution is -2.51. The molecule has 1 saturated heterocycles. The van der Waals surface area contributed by atoms with Crippen LogP contribution in [0, 0.1) is 0 Å². The maximum Gasteiger partial charge on any atom is 0.0168 e. The van der Waals surface area contributed by atoms with Crippen LogP contribution in [0.3, 0.4) is 0 Å². The van der Waals surface area contributed by atoms with E-state index in [-0.39, 0.29) is 0 Å². The SMILES string of the molecule is CC(C)(C)N1CCC[C@@H](N)C1. The van der Waals surface area contributed by atoms with Gasteiger partial charge in [-0.1, -0.05) is 0 Å². The molecule has 0 aromatic carbocycles. The van der Waals surface area contributed by atoms with Crippen LogP contribution in [-0.4, -0.2) is 29.6 Å². The summed E-state index contributed by atoms with van der Waals surface area (Å²) in [4.78, 5) is 2.47. The number of nitrogens with two attached hydrogens (primary N) is 1. The fourth-order valence-electron chi connectivity index (χ4n) is 1.62. The molecule has 2 nitrogen and oxygen atoms in total. The Labute approximate surface area is 69.8 Å². The van der Waals surface area contributed by atoms with E-state index in [1.807, 2.05) is 0 Å². The van der Waals surface area contributed by atoms with Crippen molar-refractivity contribution in [2.45, 2.75) is 45.2 Å². The van der Waals surface area contributed by atoms with Crippen molar-refractivity contribution in [1.82, 2.24) is 4.90 Å². The molecule has 0 amide bonds. The summed E-state index contributed by atoms with van der Waals surface area (Å²) in [5, 5.41) is 0. The van der Waals surface area contributed by atoms with Crippen molar-refractivity contribution in [3.8, 4) is 0 Å². The lowest BCUT2D eigenvalue weighted by Gasteiger charge is -2.40. The highest BCUT2D eigenvalue weighted by Crippen LogP contribution is 2.18. The van der Waals surface area contributed by atoms with Gasteiger partial charge in [-0.25, -0.2) is 0 Å². The highest BCUT2D eigenvalue weighted by Gasteiger charge is 2.25. The maximum absolute atomic E-state index is 5.88. The minimum atomic E-state index is 0.304. The number of rotatable bonds is 0. The molecule has 11 heavy (non-hydrogen) atoms. The quantitative estimate of drug-likeness (QED) is 0.571. The smallest absolute Gasteiger partial charge is 0.0168 e. The van der Waals surface area contributed by atoms with Crippen molar-refractivity contribution < 1.29 is 0 Å². The van der Waals surface area contributed by atoms with Gasteiger partial charge in [-0.2, -0.15) is 0 Å². The van der Waals surface area contributed by atoms with Crippen LogP contribution in [0.2, 0.25) is 0 Å². The lowest BCUT2D eigenvalue weighted by molar-refractivity contribution is 0.0999. The molecule has 0 saturated carbocycles. The highest BCUT2D eigenvalue weighted by molar-refractivity contribution is 4.83. The van der Waals surface area contributed by atoms with Crippen molar-refractivity contribution in [2.75, 3.05) is 13.1 Å². The normalized spacial score (nSPS) is 28.9. The summed E-state index contributed by atoms with van der Waals surface area (Å²) in [7, 11) is 0. The Morgan fingerprint density at radius 3 is 2.36 bits per heavy atom. The average Bonchev–Trinajstić information content (AvgIpc) is 1.86. The summed E-state index contributed by atoms with van der Waals surface area (Å²) in [6.45, 7) is 9.06. The molecule has 0 aromatic rings. The van der Waals surface area contributed by atoms with Gasteiger partial charge < -0.3 is 5.73 Å². The molecule has 0 aliphatic carbocycles. The third-order valence-electron chi connectivity index (χ3n) is 2.41. The van der Waals surface area contributed by atoms with Gasteiger partial charge in [0.1, 0.15) is 0 Å². The molecule has 1 aliphatic rings. The molecular formula is C9H20N2. The van der Waals surface area contributed by atoms with Gasteiger partial charge in [0.15, 0.2) is 0 Å². The molecule has 1 aliphatic heterocycles. The lowest BCUT2D eigenvalue weighted by atomic mass is 9.99. The first-order chi connectivity index (χ1) is 5.00. The first-order valence-corrected chi connectivity index (χ1v) is 4.51. The van der Waals surface area contributed by atoms with Crippen LogP contribution in [0.5, 0.6) is 0 Å². The van der Waals surface area contributed by atoms with Crippen molar-refractivity contribution in [3.05, 3.63) is 0 Å². The molecule has 1 rings (SSSR count). The van der Waals surface area contributed by atoms with Gasteiger partial charge in [-0.15, -0.1) is 0 Å². The standard InChI is InChI=1S/C9H20N2/c1-9(2,3)11-6-4-5-8(10)7-11/h8H,4-7,10H2,1-3H3/t8-/m1/s1. The number of nitrogens with zero attached hydrogens (tertiary/aromatic N) is 1. The summed E-state index contributed by atoms with van der Waals surface area (Å²) < 4.78 is 0. The molecule has 1 heterocycles. The van der Waals surface area contributed by atoms with E-state index in [9.17, 15) is 0 Å². The Morgan fingerprint density at radius 2 is 2.00 bits per heavy atom. The molecular weight excluding hydrogens is 136 g/mol. The molecule has 0 spiro atoms. The van der Waals surface area contributed by atoms with E-state index in [0.29, 0.717) is 11.6 Å². The number of hydrogen-bond donors (Lipinski definition) is 1. The van der Waals surface area contributed by atoms with Crippen LogP contribution in [0.4, 0.5) is 0 Å². The Morgan fingerprint density at radius 1 is 1.36 bits per heavy atom. The molecule has 2 heteroatoms. The fraction of sp³-hybridized carbons (Fsp3) is 1.00. The van der Waals surface area contributed by atoms with Crippen molar-refractivity contribution in [1.29, 1.82) is 0 Å². The Hall–Kier alpha value is -0.0800. The average molecular weight is 156 g/mol. The molecule has 1 atom stereocenters. The predicted molar refractivity (Wildman–Crippen MR) is 48.5 cm³/mol. The van der Waals surface area contributed by atoms with Crippen LogP contribution >= 0.6 is 0 Å². The molecule has 0 unspecified atom stereocenters. The van der Waals surface area contributed by atoms with E-state index in [2.05, 4.69) is 25.7 Å². The van der Waals surface area contributed by atoms with Gasteiger partial charge in [0, 0.05) is 18.1 Å². The van der Waals surface area contributed by atoms with Crippen LogP contribution in [-0.2, 0) is 0 Å². The first-order valence-electron chi connectivity index (χ1n) is 4.51. The van der Waals surface area contributed by atoms with Gasteiger partial charge in [0.2, 0.25) is 0 Å². The third kappa shape index (κ3) is 2.46. The maximum atomic E-state index is 5.88. The topological polar surface area (TPSA) is 29.3 Å². The van der Waals surface area contributed by atoms with E-state index in [0.717, 1.165) is 6.54 Å². The summed E-state index contributed by atoms with van der Waals surface area (Å²) in [5.41, 5.74) is 6.18. The second kappa shape index (κ2) is 3.11. The number of hydrogen-bond acceptors (Lipinski definition) is 2. The minimum Gasteiger partial charge on any atom is -0.327 e. The van der Waals surface area contributed by atoms with Gasteiger partial charge in [-0.05, 0) is 40.2 Å². The molecule has 0 radical (unpaired) electrons. The summed E-state index contributed by atoms with van der Waals surface area (Å²) in [6.07, 6.45) is 2.46. The van der Waals surface area contributed by atoms with E-state index >= 15 is 0 Å². The summed E-state index contributed by atoms with van der Waals surface area (Å²) >= 11 is 0. The Balaban J connectivity index is 2.46. The molecule has 1 fully saturated rings. The monoisotopic (exact) mass is 156 g/mol. The fourth-order valence-corrected chi connectivity index (χ4v) is 1.62. The zero-order valence-corrected chi connectivity index (χ0v) is 7.93. The third-order valence-corrected chi connectivity index (χ3v) is 2.41. The van der Waals surface area contributed by atoms with E-state index in [1.165, 1.54) is 19.4 Å². The van der Waals surface area contributed by atoms with E-state index < -0.39 is 0 Å². The van der Waals surface area contributed by atoms with E-state index in [4.69, 9.17) is 5.73 Å². The van der Waals surface area contributed by atoms with Gasteiger partial charge in [0.05, 0.1) is 0 Å². The van der Waals surface area contributed by atoms with Crippen molar-refractivity contribution in [3.63, 3.8) is 0 Å². The molecule has 2 N–H and O–H groups in total. The highest BCUT2D eigenvalue weighted by atomic mass is 15.2. The zero-order valence-electron chi connectivity index (χ0n) is 7.93. The molecule has 0 bridgehead atoms. The van der Waals surface area contributed by atoms with Crippen LogP contribution in [0.15, 0.2) is 0 Å². The summed E-state index contributed by atoms with van der Waals surface area (Å²) in [6, 6.07) is 0.406. The summed E-state index contributed by atoms with van der Waals surface area (Å²) in [5.74, 6) is 0. The number of likely N-dealkylation sites (tertiary alicyclic amines) is 1. The van der Waals surface area contributed by atoms with Crippen LogP contribution < -0.4 is 5.73 Å². The van der Waals surface area contributed by atoms with Crippen molar-refractivity contribution in [2.24, 2.45) is 5.73 Å². The second-order valence-corrected chi connectivity index (χ2v) is 4.52. The van der Waals surface area contributed by atoms with Gasteiger partial charge >= 0.3 is 0 Å². The predicted octanol–water partition coefficient (Wildman–Crippen LogP) is 1.21. The zero-order chi connectivity index (χ0) is 8.48. The molecule has 66 valence electrons. The number of piperidine rings is 1. The Kier molecular flexibility index (Phi) is 2.55. The van der Waals surface area contributed by atoms with Gasteiger partial charge in [-0.3, -0.25) is 4.90 Å². The van der Waals surface area contributed by atoms with Crippen LogP contribution in [0.1, 0.15) is 33.6 Å². The van der Waals surface area contributed by atoms with Gasteiger partial charge in [0.25, 0.3) is 0 Å². The van der Waals surface area contributed by atoms with Crippen molar-refractivity contribution >= 4 is 0 Å². The largest absolute Gasteiger partial charge is 0.327 e. The molecule has 0 aromatic heterocycles. The van der Waals surface area contributed by atoms with E-state index in [1.54, 1.807) is 0 Å². The Bertz CT molecular complexity index is 126.